The van der Waals surface area contributed by atoms with Gasteiger partial charge in [0.05, 0.1) is 17.9 Å². The van der Waals surface area contributed by atoms with Gasteiger partial charge in [0.2, 0.25) is 5.91 Å². The molecule has 1 aliphatic rings. The number of hydrogen-bond acceptors (Lipinski definition) is 4. The highest BCUT2D eigenvalue weighted by molar-refractivity contribution is 7.07. The van der Waals surface area contributed by atoms with Crippen LogP contribution in [0.4, 0.5) is 0 Å². The summed E-state index contributed by atoms with van der Waals surface area (Å²) in [7, 11) is 0. The predicted octanol–water partition coefficient (Wildman–Crippen LogP) is 1.40. The maximum absolute atomic E-state index is 12.0. The maximum atomic E-state index is 12.0. The van der Waals surface area contributed by atoms with Gasteiger partial charge in [0.1, 0.15) is 0 Å². The molecule has 1 aliphatic carbocycles. The molecule has 1 heterocycles. The number of rotatable bonds is 5. The summed E-state index contributed by atoms with van der Waals surface area (Å²) in [5.41, 5.74) is 0.770. The van der Waals surface area contributed by atoms with E-state index in [1.807, 2.05) is 10.8 Å². The first kappa shape index (κ1) is 14.0. The zero-order valence-electron chi connectivity index (χ0n) is 10.4. The number of carbonyl (C=O) groups is 2. The Morgan fingerprint density at radius 2 is 2.16 bits per heavy atom. The first-order valence-electron chi connectivity index (χ1n) is 6.30. The van der Waals surface area contributed by atoms with Crippen molar-refractivity contribution in [3.05, 3.63) is 22.4 Å². The highest BCUT2D eigenvalue weighted by Gasteiger charge is 2.37. The van der Waals surface area contributed by atoms with Gasteiger partial charge in [0.15, 0.2) is 0 Å². The fraction of sp³-hybridized carbons (Fsp3) is 0.538. The van der Waals surface area contributed by atoms with E-state index < -0.39 is 23.9 Å². The molecule has 0 bridgehead atoms. The van der Waals surface area contributed by atoms with E-state index in [0.717, 1.165) is 12.0 Å². The zero-order chi connectivity index (χ0) is 13.8. The third-order valence-electron chi connectivity index (χ3n) is 3.57. The first-order valence-corrected chi connectivity index (χ1v) is 7.24. The fourth-order valence-corrected chi connectivity index (χ4v) is 3.19. The molecule has 0 aliphatic heterocycles. The van der Waals surface area contributed by atoms with Crippen molar-refractivity contribution in [2.45, 2.75) is 25.4 Å². The molecule has 104 valence electrons. The second-order valence-corrected chi connectivity index (χ2v) is 5.58. The highest BCUT2D eigenvalue weighted by atomic mass is 32.1. The van der Waals surface area contributed by atoms with Crippen molar-refractivity contribution in [1.82, 2.24) is 5.32 Å². The van der Waals surface area contributed by atoms with Gasteiger partial charge < -0.3 is 15.5 Å². The lowest BCUT2D eigenvalue weighted by atomic mass is 9.95. The van der Waals surface area contributed by atoms with Crippen LogP contribution in [0.15, 0.2) is 16.8 Å². The summed E-state index contributed by atoms with van der Waals surface area (Å²) < 4.78 is 0. The normalized spacial score (nSPS) is 24.1. The lowest BCUT2D eigenvalue weighted by molar-refractivity contribution is -0.146. The van der Waals surface area contributed by atoms with Crippen molar-refractivity contribution in [1.29, 1.82) is 0 Å². The Bertz CT molecular complexity index is 446. The molecule has 0 aromatic carbocycles. The molecule has 6 heteroatoms. The number of aliphatic hydroxyl groups excluding tert-OH is 1. The van der Waals surface area contributed by atoms with Crippen LogP contribution in [0.25, 0.3) is 0 Å². The quantitative estimate of drug-likeness (QED) is 0.762. The van der Waals surface area contributed by atoms with Crippen molar-refractivity contribution in [3.8, 4) is 0 Å². The third-order valence-corrected chi connectivity index (χ3v) is 4.27. The van der Waals surface area contributed by atoms with Gasteiger partial charge in [0, 0.05) is 6.54 Å². The lowest BCUT2D eigenvalue weighted by Crippen LogP contribution is -2.37. The van der Waals surface area contributed by atoms with Crippen molar-refractivity contribution in [2.75, 3.05) is 6.54 Å². The minimum absolute atomic E-state index is 0.123. The lowest BCUT2D eigenvalue weighted by Gasteiger charge is -2.17. The van der Waals surface area contributed by atoms with Crippen LogP contribution < -0.4 is 5.32 Å². The first-order chi connectivity index (χ1) is 9.09. The number of carboxylic acid groups (broad SMARTS) is 1. The summed E-state index contributed by atoms with van der Waals surface area (Å²) in [6.07, 6.45) is 1.19. The van der Waals surface area contributed by atoms with Crippen LogP contribution >= 0.6 is 11.3 Å². The second kappa shape index (κ2) is 6.16. The van der Waals surface area contributed by atoms with E-state index in [1.54, 1.807) is 6.07 Å². The number of aliphatic hydroxyl groups is 1. The number of thiophene rings is 1. The summed E-state index contributed by atoms with van der Waals surface area (Å²) in [4.78, 5) is 23.0. The number of amides is 1. The van der Waals surface area contributed by atoms with Gasteiger partial charge in [-0.2, -0.15) is 11.3 Å². The molecule has 1 saturated carbocycles. The van der Waals surface area contributed by atoms with E-state index in [4.69, 9.17) is 5.11 Å². The molecule has 0 spiro atoms. The van der Waals surface area contributed by atoms with Gasteiger partial charge in [-0.15, -0.1) is 0 Å². The third kappa shape index (κ3) is 3.33. The largest absolute Gasteiger partial charge is 0.481 e. The van der Waals surface area contributed by atoms with Crippen molar-refractivity contribution in [2.24, 2.45) is 11.8 Å². The van der Waals surface area contributed by atoms with Gasteiger partial charge in [-0.1, -0.05) is 6.42 Å². The van der Waals surface area contributed by atoms with Crippen LogP contribution in [0.1, 0.15) is 30.9 Å². The SMILES string of the molecule is O=C(O)C1CCCC1C(=O)NCC(O)c1ccsc1. The second-order valence-electron chi connectivity index (χ2n) is 4.80. The molecule has 3 unspecified atom stereocenters. The molecule has 0 radical (unpaired) electrons. The van der Waals surface area contributed by atoms with Gasteiger partial charge in [-0.25, -0.2) is 0 Å². The molecular weight excluding hydrogens is 266 g/mol. The molecule has 1 amide bonds. The molecule has 0 saturated heterocycles. The summed E-state index contributed by atoms with van der Waals surface area (Å²) in [5, 5.41) is 25.2. The summed E-state index contributed by atoms with van der Waals surface area (Å²) >= 11 is 1.48. The minimum Gasteiger partial charge on any atom is -0.481 e. The van der Waals surface area contributed by atoms with Gasteiger partial charge in [-0.3, -0.25) is 9.59 Å². The summed E-state index contributed by atoms with van der Waals surface area (Å²) in [6.45, 7) is 0.123. The number of hydrogen-bond donors (Lipinski definition) is 3. The number of carbonyl (C=O) groups excluding carboxylic acids is 1. The Hall–Kier alpha value is -1.40. The number of aliphatic carboxylic acids is 1. The monoisotopic (exact) mass is 283 g/mol. The van der Waals surface area contributed by atoms with Gasteiger partial charge in [-0.05, 0) is 35.2 Å². The summed E-state index contributed by atoms with van der Waals surface area (Å²) in [5.74, 6) is -2.22. The minimum atomic E-state index is -0.906. The molecule has 19 heavy (non-hydrogen) atoms. The van der Waals surface area contributed by atoms with Crippen LogP contribution in [0.3, 0.4) is 0 Å². The van der Waals surface area contributed by atoms with E-state index in [0.29, 0.717) is 12.8 Å². The van der Waals surface area contributed by atoms with E-state index in [2.05, 4.69) is 5.32 Å². The Morgan fingerprint density at radius 3 is 2.79 bits per heavy atom. The van der Waals surface area contributed by atoms with Crippen molar-refractivity contribution >= 4 is 23.2 Å². The van der Waals surface area contributed by atoms with E-state index in [1.165, 1.54) is 11.3 Å². The van der Waals surface area contributed by atoms with Crippen LogP contribution in [-0.2, 0) is 9.59 Å². The molecular formula is C13H17NO4S. The van der Waals surface area contributed by atoms with Crippen LogP contribution in [0.2, 0.25) is 0 Å². The maximum Gasteiger partial charge on any atom is 0.307 e. The molecule has 3 atom stereocenters. The van der Waals surface area contributed by atoms with Gasteiger partial charge >= 0.3 is 5.97 Å². The predicted molar refractivity (Wildman–Crippen MR) is 70.8 cm³/mol. The molecule has 2 rings (SSSR count). The molecule has 5 nitrogen and oxygen atoms in total. The average molecular weight is 283 g/mol. The van der Waals surface area contributed by atoms with E-state index >= 15 is 0 Å². The van der Waals surface area contributed by atoms with Crippen LogP contribution in [-0.4, -0.2) is 28.6 Å². The Balaban J connectivity index is 1.86. The Kier molecular flexibility index (Phi) is 4.55. The van der Waals surface area contributed by atoms with Crippen molar-refractivity contribution in [3.63, 3.8) is 0 Å². The number of nitrogens with one attached hydrogen (secondary N) is 1. The number of carboxylic acids is 1. The van der Waals surface area contributed by atoms with Crippen molar-refractivity contribution < 1.29 is 19.8 Å². The van der Waals surface area contributed by atoms with E-state index in [-0.39, 0.29) is 12.5 Å². The molecule has 1 aromatic heterocycles. The Morgan fingerprint density at radius 1 is 1.42 bits per heavy atom. The topological polar surface area (TPSA) is 86.6 Å². The standard InChI is InChI=1S/C13H17NO4S/c15-11(8-4-5-19-7-8)6-14-12(16)9-2-1-3-10(9)13(17)18/h4-5,7,9-11,15H,1-3,6H2,(H,14,16)(H,17,18). The van der Waals surface area contributed by atoms with Crippen LogP contribution in [0, 0.1) is 11.8 Å². The smallest absolute Gasteiger partial charge is 0.307 e. The Labute approximate surface area is 115 Å². The summed E-state index contributed by atoms with van der Waals surface area (Å²) in [6, 6.07) is 1.80. The molecule has 3 N–H and O–H groups in total. The molecule has 1 aromatic rings. The van der Waals surface area contributed by atoms with Crippen LogP contribution in [0.5, 0.6) is 0 Å². The fourth-order valence-electron chi connectivity index (χ4n) is 2.48. The van der Waals surface area contributed by atoms with E-state index in [9.17, 15) is 14.7 Å². The highest BCUT2D eigenvalue weighted by Crippen LogP contribution is 2.32. The molecule has 1 fully saturated rings. The van der Waals surface area contributed by atoms with Gasteiger partial charge in [0.25, 0.3) is 0 Å². The average Bonchev–Trinajstić information content (AvgIpc) is 3.04. The zero-order valence-corrected chi connectivity index (χ0v) is 11.2.